The lowest BCUT2D eigenvalue weighted by Crippen LogP contribution is -2.27. The molecule has 0 spiro atoms. The number of allylic oxidation sites excluding steroid dienone is 3. The zero-order chi connectivity index (χ0) is 7.40. The highest BCUT2D eigenvalue weighted by molar-refractivity contribution is 5.73. The van der Waals surface area contributed by atoms with E-state index in [1.165, 1.54) is 0 Å². The molecule has 1 heterocycles. The summed E-state index contributed by atoms with van der Waals surface area (Å²) >= 11 is 0. The number of hydrogen-bond donors (Lipinski definition) is 1. The summed E-state index contributed by atoms with van der Waals surface area (Å²) in [4.78, 5) is 10.1. The maximum absolute atomic E-state index is 10.1. The van der Waals surface area contributed by atoms with Gasteiger partial charge in [-0.15, -0.1) is 0 Å². The Morgan fingerprint density at radius 2 is 2.60 bits per heavy atom. The van der Waals surface area contributed by atoms with Crippen LogP contribution < -0.4 is 5.32 Å². The van der Waals surface area contributed by atoms with Gasteiger partial charge < -0.3 is 5.32 Å². The summed E-state index contributed by atoms with van der Waals surface area (Å²) in [5.41, 5.74) is 0.453. The third-order valence-electron chi connectivity index (χ3n) is 1.17. The molecule has 0 aromatic rings. The predicted molar refractivity (Wildman–Crippen MR) is 35.8 cm³/mol. The molecule has 1 aliphatic heterocycles. The van der Waals surface area contributed by atoms with Crippen molar-refractivity contribution in [2.24, 2.45) is 0 Å². The molecule has 0 fully saturated rings. The molecule has 0 saturated carbocycles. The van der Waals surface area contributed by atoms with Crippen molar-refractivity contribution in [3.8, 4) is 6.07 Å². The largest absolute Gasteiger partial charge is 0.364 e. The molecule has 1 unspecified atom stereocenters. The zero-order valence-corrected chi connectivity index (χ0v) is 5.24. The number of carbonyl (C=O) groups is 1. The Morgan fingerprint density at radius 3 is 3.20 bits per heavy atom. The molecule has 1 rings (SSSR count). The number of nitriles is 1. The van der Waals surface area contributed by atoms with Gasteiger partial charge in [-0.3, -0.25) is 4.79 Å². The van der Waals surface area contributed by atoms with Crippen LogP contribution in [0.5, 0.6) is 0 Å². The Labute approximate surface area is 58.6 Å². The van der Waals surface area contributed by atoms with Gasteiger partial charge in [0.25, 0.3) is 0 Å². The van der Waals surface area contributed by atoms with Crippen molar-refractivity contribution in [2.45, 2.75) is 6.04 Å². The number of hydrogen-bond acceptors (Lipinski definition) is 3. The Kier molecular flexibility index (Phi) is 1.86. The second-order valence-electron chi connectivity index (χ2n) is 1.88. The minimum absolute atomic E-state index is 0.356. The van der Waals surface area contributed by atoms with Crippen molar-refractivity contribution < 1.29 is 4.79 Å². The lowest BCUT2D eigenvalue weighted by molar-refractivity contribution is -0.105. The van der Waals surface area contributed by atoms with E-state index < -0.39 is 0 Å². The first-order valence-electron chi connectivity index (χ1n) is 2.86. The van der Waals surface area contributed by atoms with E-state index in [1.54, 1.807) is 18.2 Å². The molecule has 1 atom stereocenters. The van der Waals surface area contributed by atoms with Crippen molar-refractivity contribution in [2.75, 3.05) is 0 Å². The van der Waals surface area contributed by atoms with E-state index in [0.717, 1.165) is 0 Å². The highest BCUT2D eigenvalue weighted by Gasteiger charge is 2.05. The molecule has 0 aliphatic carbocycles. The van der Waals surface area contributed by atoms with Gasteiger partial charge in [0.1, 0.15) is 6.04 Å². The average Bonchev–Trinajstić information content (AvgIpc) is 2.05. The number of nitrogens with one attached hydrogen (secondary N) is 1. The first kappa shape index (κ1) is 6.56. The summed E-state index contributed by atoms with van der Waals surface area (Å²) in [7, 11) is 0. The molecule has 1 N–H and O–H groups in total. The van der Waals surface area contributed by atoms with Crippen molar-refractivity contribution in [3.05, 3.63) is 23.9 Å². The molecule has 0 saturated heterocycles. The van der Waals surface area contributed by atoms with Gasteiger partial charge in [0.2, 0.25) is 0 Å². The van der Waals surface area contributed by atoms with Crippen LogP contribution in [0.15, 0.2) is 23.9 Å². The van der Waals surface area contributed by atoms with Crippen LogP contribution in [-0.2, 0) is 4.79 Å². The number of dihydropyridines is 1. The summed E-state index contributed by atoms with van der Waals surface area (Å²) in [6.07, 6.45) is 5.69. The minimum atomic E-state index is -0.356. The van der Waals surface area contributed by atoms with Gasteiger partial charge in [0.15, 0.2) is 6.29 Å². The van der Waals surface area contributed by atoms with Gasteiger partial charge in [-0.1, -0.05) is 6.08 Å². The monoisotopic (exact) mass is 134 g/mol. The van der Waals surface area contributed by atoms with Crippen LogP contribution in [0.4, 0.5) is 0 Å². The third kappa shape index (κ3) is 1.23. The van der Waals surface area contributed by atoms with Gasteiger partial charge in [-0.05, 0) is 12.2 Å². The summed E-state index contributed by atoms with van der Waals surface area (Å²) in [5, 5.41) is 11.1. The van der Waals surface area contributed by atoms with Gasteiger partial charge in [0.05, 0.1) is 11.8 Å². The van der Waals surface area contributed by atoms with E-state index in [4.69, 9.17) is 5.26 Å². The van der Waals surface area contributed by atoms with E-state index in [2.05, 4.69) is 5.32 Å². The number of aldehydes is 1. The summed E-state index contributed by atoms with van der Waals surface area (Å²) in [5.74, 6) is 0. The molecule has 0 amide bonds. The maximum atomic E-state index is 10.1. The SMILES string of the molecule is N#CC1C=CC=C(C=O)N1. The first-order valence-corrected chi connectivity index (χ1v) is 2.86. The van der Waals surface area contributed by atoms with Gasteiger partial charge in [-0.25, -0.2) is 0 Å². The molecule has 3 nitrogen and oxygen atoms in total. The maximum Gasteiger partial charge on any atom is 0.165 e. The minimum Gasteiger partial charge on any atom is -0.364 e. The summed E-state index contributed by atoms with van der Waals surface area (Å²) in [6.45, 7) is 0. The average molecular weight is 134 g/mol. The summed E-state index contributed by atoms with van der Waals surface area (Å²) in [6, 6.07) is 1.61. The first-order chi connectivity index (χ1) is 4.86. The van der Waals surface area contributed by atoms with Crippen molar-refractivity contribution >= 4 is 6.29 Å². The molecule has 10 heavy (non-hydrogen) atoms. The topological polar surface area (TPSA) is 52.9 Å². The Bertz CT molecular complexity index is 234. The van der Waals surface area contributed by atoms with Crippen molar-refractivity contribution in [1.82, 2.24) is 5.32 Å². The van der Waals surface area contributed by atoms with E-state index >= 15 is 0 Å². The van der Waals surface area contributed by atoms with Gasteiger partial charge in [0, 0.05) is 0 Å². The quantitative estimate of drug-likeness (QED) is 0.518. The standard InChI is InChI=1S/C7H6N2O/c8-4-6-2-1-3-7(5-10)9-6/h1-3,5-6,9H. The molecule has 0 bridgehead atoms. The number of nitrogens with zero attached hydrogens (tertiary/aromatic N) is 1. The fraction of sp³-hybridized carbons (Fsp3) is 0.143. The van der Waals surface area contributed by atoms with Crippen LogP contribution >= 0.6 is 0 Å². The highest BCUT2D eigenvalue weighted by Crippen LogP contribution is 1.97. The van der Waals surface area contributed by atoms with Crippen LogP contribution in [-0.4, -0.2) is 12.3 Å². The molecule has 1 aliphatic rings. The van der Waals surface area contributed by atoms with Crippen LogP contribution in [0.3, 0.4) is 0 Å². The lowest BCUT2D eigenvalue weighted by atomic mass is 10.2. The predicted octanol–water partition coefficient (Wildman–Crippen LogP) is 0.121. The van der Waals surface area contributed by atoms with E-state index in [0.29, 0.717) is 12.0 Å². The fourth-order valence-corrected chi connectivity index (χ4v) is 0.695. The molecule has 50 valence electrons. The smallest absolute Gasteiger partial charge is 0.165 e. The Hall–Kier alpha value is -1.56. The highest BCUT2D eigenvalue weighted by atomic mass is 16.1. The van der Waals surface area contributed by atoms with Crippen LogP contribution in [0.25, 0.3) is 0 Å². The molecule has 0 aromatic carbocycles. The zero-order valence-electron chi connectivity index (χ0n) is 5.24. The molecular formula is C7H6N2O. The second kappa shape index (κ2) is 2.83. The van der Waals surface area contributed by atoms with Crippen LogP contribution in [0.1, 0.15) is 0 Å². The third-order valence-corrected chi connectivity index (χ3v) is 1.17. The van der Waals surface area contributed by atoms with E-state index in [9.17, 15) is 4.79 Å². The van der Waals surface area contributed by atoms with Crippen molar-refractivity contribution in [3.63, 3.8) is 0 Å². The Balaban J connectivity index is 2.69. The molecule has 0 aromatic heterocycles. The lowest BCUT2D eigenvalue weighted by Gasteiger charge is -2.10. The molecule has 0 radical (unpaired) electrons. The van der Waals surface area contributed by atoms with Crippen LogP contribution in [0.2, 0.25) is 0 Å². The summed E-state index contributed by atoms with van der Waals surface area (Å²) < 4.78 is 0. The molecular weight excluding hydrogens is 128 g/mol. The fourth-order valence-electron chi connectivity index (χ4n) is 0.695. The number of carbonyl (C=O) groups excluding carboxylic acids is 1. The Morgan fingerprint density at radius 1 is 1.80 bits per heavy atom. The van der Waals surface area contributed by atoms with Crippen LogP contribution in [0, 0.1) is 11.3 Å². The molecule has 3 heteroatoms. The van der Waals surface area contributed by atoms with E-state index in [1.807, 2.05) is 6.07 Å². The number of rotatable bonds is 1. The van der Waals surface area contributed by atoms with Gasteiger partial charge >= 0.3 is 0 Å². The normalized spacial score (nSPS) is 22.3. The van der Waals surface area contributed by atoms with E-state index in [-0.39, 0.29) is 6.04 Å². The van der Waals surface area contributed by atoms with Gasteiger partial charge in [-0.2, -0.15) is 5.26 Å². The second-order valence-corrected chi connectivity index (χ2v) is 1.88. The van der Waals surface area contributed by atoms with Crippen molar-refractivity contribution in [1.29, 1.82) is 5.26 Å².